The monoisotopic (exact) mass is 321 g/mol. The van der Waals surface area contributed by atoms with Gasteiger partial charge in [-0.2, -0.15) is 0 Å². The van der Waals surface area contributed by atoms with Gasteiger partial charge in [-0.05, 0) is 56.6 Å². The molecule has 2 aromatic heterocycles. The number of anilines is 1. The van der Waals surface area contributed by atoms with Crippen LogP contribution in [0.3, 0.4) is 0 Å². The molecule has 0 aromatic carbocycles. The minimum absolute atomic E-state index is 0.252. The number of pyridine rings is 1. The Morgan fingerprint density at radius 3 is 2.75 bits per heavy atom. The van der Waals surface area contributed by atoms with Crippen LogP contribution >= 0.6 is 0 Å². The van der Waals surface area contributed by atoms with Gasteiger partial charge in [-0.15, -0.1) is 10.2 Å². The number of aromatic nitrogens is 4. The van der Waals surface area contributed by atoms with Crippen LogP contribution in [0.1, 0.15) is 56.2 Å². The van der Waals surface area contributed by atoms with E-state index in [1.807, 2.05) is 6.20 Å². The molecule has 0 unspecified atom stereocenters. The van der Waals surface area contributed by atoms with Crippen molar-refractivity contribution in [1.82, 2.24) is 19.7 Å². The molecule has 3 aliphatic rings. The largest absolute Gasteiger partial charge is 0.336 e. The van der Waals surface area contributed by atoms with E-state index in [1.165, 1.54) is 31.2 Å². The van der Waals surface area contributed by atoms with Crippen molar-refractivity contribution in [3.8, 4) is 5.82 Å². The van der Waals surface area contributed by atoms with Crippen LogP contribution in [0.15, 0.2) is 18.8 Å². The third kappa shape index (κ3) is 1.78. The first kappa shape index (κ1) is 14.2. The Kier molecular flexibility index (Phi) is 2.77. The van der Waals surface area contributed by atoms with E-state index in [0.29, 0.717) is 0 Å². The molecular formula is C19H23N5. The van der Waals surface area contributed by atoms with Gasteiger partial charge in [-0.25, -0.2) is 4.98 Å². The molecule has 24 heavy (non-hydrogen) atoms. The molecule has 5 nitrogen and oxygen atoms in total. The molecule has 2 aliphatic carbocycles. The standard InChI is InChI=1S/C19H23N5/c1-4-9-23-13(3)16-21-22-18(19(7-8-19)14-5-6-14)24(16)17-15(23)10-12(2)11-20-17/h10-11,14H,3-9H2,1-2H3. The quantitative estimate of drug-likeness (QED) is 0.863. The number of rotatable bonds is 4. The normalized spacial score (nSPS) is 20.8. The lowest BCUT2D eigenvalue weighted by Gasteiger charge is -2.33. The highest BCUT2D eigenvalue weighted by Gasteiger charge is 2.58. The average molecular weight is 321 g/mol. The van der Waals surface area contributed by atoms with Crippen molar-refractivity contribution >= 4 is 11.4 Å². The average Bonchev–Trinajstić information content (AvgIpc) is 3.48. The summed E-state index contributed by atoms with van der Waals surface area (Å²) in [5, 5.41) is 9.18. The Morgan fingerprint density at radius 2 is 2.08 bits per heavy atom. The molecule has 0 amide bonds. The van der Waals surface area contributed by atoms with Gasteiger partial charge in [-0.1, -0.05) is 13.5 Å². The smallest absolute Gasteiger partial charge is 0.185 e. The predicted octanol–water partition coefficient (Wildman–Crippen LogP) is 3.61. The Morgan fingerprint density at radius 1 is 1.29 bits per heavy atom. The van der Waals surface area contributed by atoms with E-state index in [1.54, 1.807) is 0 Å². The minimum Gasteiger partial charge on any atom is -0.336 e. The molecule has 0 atom stereocenters. The van der Waals surface area contributed by atoms with Crippen molar-refractivity contribution in [3.05, 3.63) is 36.1 Å². The van der Waals surface area contributed by atoms with Gasteiger partial charge in [0.1, 0.15) is 5.82 Å². The Bertz CT molecular complexity index is 841. The fourth-order valence-corrected chi connectivity index (χ4v) is 4.24. The van der Waals surface area contributed by atoms with E-state index >= 15 is 0 Å². The second-order valence-corrected chi connectivity index (χ2v) is 7.57. The first-order chi connectivity index (χ1) is 11.7. The van der Waals surface area contributed by atoms with E-state index in [0.717, 1.165) is 47.7 Å². The predicted molar refractivity (Wildman–Crippen MR) is 94.2 cm³/mol. The van der Waals surface area contributed by atoms with Gasteiger partial charge < -0.3 is 4.90 Å². The summed E-state index contributed by atoms with van der Waals surface area (Å²) < 4.78 is 2.20. The minimum atomic E-state index is 0.252. The zero-order chi connectivity index (χ0) is 16.5. The van der Waals surface area contributed by atoms with E-state index in [2.05, 4.69) is 46.2 Å². The summed E-state index contributed by atoms with van der Waals surface area (Å²) in [6.45, 7) is 9.54. The highest BCUT2D eigenvalue weighted by Crippen LogP contribution is 2.62. The van der Waals surface area contributed by atoms with E-state index in [9.17, 15) is 0 Å². The molecule has 5 heteroatoms. The topological polar surface area (TPSA) is 46.8 Å². The molecule has 2 aromatic rings. The van der Waals surface area contributed by atoms with Crippen molar-refractivity contribution in [2.24, 2.45) is 5.92 Å². The van der Waals surface area contributed by atoms with E-state index in [-0.39, 0.29) is 5.41 Å². The summed E-state index contributed by atoms with van der Waals surface area (Å²) in [6, 6.07) is 2.21. The van der Waals surface area contributed by atoms with Crippen molar-refractivity contribution in [1.29, 1.82) is 0 Å². The number of hydrogen-bond acceptors (Lipinski definition) is 4. The fraction of sp³-hybridized carbons (Fsp3) is 0.526. The van der Waals surface area contributed by atoms with Crippen LogP contribution in [-0.4, -0.2) is 26.3 Å². The fourth-order valence-electron chi connectivity index (χ4n) is 4.24. The van der Waals surface area contributed by atoms with Gasteiger partial charge in [0.15, 0.2) is 11.6 Å². The van der Waals surface area contributed by atoms with Crippen molar-refractivity contribution < 1.29 is 0 Å². The van der Waals surface area contributed by atoms with Crippen LogP contribution in [0.25, 0.3) is 11.5 Å². The molecule has 2 fully saturated rings. The van der Waals surface area contributed by atoms with Crippen LogP contribution in [0, 0.1) is 12.8 Å². The van der Waals surface area contributed by atoms with Gasteiger partial charge in [0, 0.05) is 18.2 Å². The summed E-state index contributed by atoms with van der Waals surface area (Å²) in [7, 11) is 0. The zero-order valence-corrected chi connectivity index (χ0v) is 14.4. The summed E-state index contributed by atoms with van der Waals surface area (Å²) >= 11 is 0. The Balaban J connectivity index is 1.72. The molecule has 1 aliphatic heterocycles. The number of fused-ring (bicyclic) bond motifs is 3. The molecule has 0 spiro atoms. The summed E-state index contributed by atoms with van der Waals surface area (Å²) in [5.74, 6) is 3.76. The van der Waals surface area contributed by atoms with Gasteiger partial charge in [0.25, 0.3) is 0 Å². The molecular weight excluding hydrogens is 298 g/mol. The first-order valence-corrected chi connectivity index (χ1v) is 9.05. The molecule has 0 radical (unpaired) electrons. The van der Waals surface area contributed by atoms with Crippen LogP contribution in [-0.2, 0) is 5.41 Å². The van der Waals surface area contributed by atoms with Crippen molar-refractivity contribution in [2.75, 3.05) is 11.4 Å². The van der Waals surface area contributed by atoms with Gasteiger partial charge >= 0.3 is 0 Å². The van der Waals surface area contributed by atoms with Gasteiger partial charge in [0.05, 0.1) is 11.4 Å². The lowest BCUT2D eigenvalue weighted by molar-refractivity contribution is 0.543. The Labute approximate surface area is 142 Å². The van der Waals surface area contributed by atoms with Crippen LogP contribution in [0.5, 0.6) is 0 Å². The molecule has 0 bridgehead atoms. The SMILES string of the molecule is C=C1c2nnc(C3(C4CC4)CC3)n2-c2ncc(C)cc2N1CCC. The second-order valence-electron chi connectivity index (χ2n) is 7.57. The molecule has 5 rings (SSSR count). The highest BCUT2D eigenvalue weighted by molar-refractivity contribution is 5.83. The van der Waals surface area contributed by atoms with Gasteiger partial charge in [0.2, 0.25) is 0 Å². The maximum absolute atomic E-state index is 4.78. The molecule has 0 N–H and O–H groups in total. The van der Waals surface area contributed by atoms with Crippen LogP contribution in [0.2, 0.25) is 0 Å². The first-order valence-electron chi connectivity index (χ1n) is 9.05. The van der Waals surface area contributed by atoms with Crippen LogP contribution < -0.4 is 4.90 Å². The summed E-state index contributed by atoms with van der Waals surface area (Å²) in [5.41, 5.74) is 3.51. The number of aryl methyl sites for hydroxylation is 1. The van der Waals surface area contributed by atoms with E-state index in [4.69, 9.17) is 4.98 Å². The van der Waals surface area contributed by atoms with Crippen molar-refractivity contribution in [3.63, 3.8) is 0 Å². The van der Waals surface area contributed by atoms with Crippen LogP contribution in [0.4, 0.5) is 5.69 Å². The number of nitrogens with zero attached hydrogens (tertiary/aromatic N) is 5. The maximum Gasteiger partial charge on any atom is 0.185 e. The Hall–Kier alpha value is -2.17. The van der Waals surface area contributed by atoms with Crippen molar-refractivity contribution in [2.45, 2.75) is 51.4 Å². The highest BCUT2D eigenvalue weighted by atomic mass is 15.4. The molecule has 0 saturated heterocycles. The number of hydrogen-bond donors (Lipinski definition) is 0. The third-order valence-corrected chi connectivity index (χ3v) is 5.77. The zero-order valence-electron chi connectivity index (χ0n) is 14.4. The molecule has 124 valence electrons. The second kappa shape index (κ2) is 4.68. The summed E-state index contributed by atoms with van der Waals surface area (Å²) in [4.78, 5) is 7.03. The molecule has 2 saturated carbocycles. The van der Waals surface area contributed by atoms with E-state index < -0.39 is 0 Å². The lowest BCUT2D eigenvalue weighted by Crippen LogP contribution is -2.31. The maximum atomic E-state index is 4.78. The van der Waals surface area contributed by atoms with Gasteiger partial charge in [-0.3, -0.25) is 4.57 Å². The molecule has 3 heterocycles. The summed E-state index contributed by atoms with van der Waals surface area (Å²) in [6.07, 6.45) is 8.14. The lowest BCUT2D eigenvalue weighted by atomic mass is 9.99. The third-order valence-electron chi connectivity index (χ3n) is 5.77.